The molecule has 0 heterocycles. The summed E-state index contributed by atoms with van der Waals surface area (Å²) in [6, 6.07) is 14.6. The molecule has 3 N–H and O–H groups in total. The van der Waals surface area contributed by atoms with Gasteiger partial charge in [-0.25, -0.2) is 0 Å². The molecule has 5 heteroatoms. The Morgan fingerprint density at radius 2 is 1.86 bits per heavy atom. The van der Waals surface area contributed by atoms with Crippen molar-refractivity contribution in [2.24, 2.45) is 0 Å². The van der Waals surface area contributed by atoms with Gasteiger partial charge in [0.05, 0.1) is 16.4 Å². The van der Waals surface area contributed by atoms with Crippen molar-refractivity contribution in [3.8, 4) is 12.1 Å². The van der Waals surface area contributed by atoms with Gasteiger partial charge in [-0.1, -0.05) is 35.9 Å². The lowest BCUT2D eigenvalue weighted by molar-refractivity contribution is 1.44. The number of allylic oxidation sites excluding steroid dienone is 1. The molecule has 108 valence electrons. The maximum absolute atomic E-state index is 8.89. The van der Waals surface area contributed by atoms with E-state index in [1.165, 1.54) is 6.08 Å². The number of aryl methyl sites for hydroxylation is 1. The minimum Gasteiger partial charge on any atom is -0.397 e. The Labute approximate surface area is 134 Å². The average molecular weight is 309 g/mol. The SMILES string of the molecule is Cc1ccc(N)c(Nc2ccccc2C=C(C#N)C#N)c1Cl. The van der Waals surface area contributed by atoms with E-state index in [2.05, 4.69) is 5.32 Å². The maximum Gasteiger partial charge on any atom is 0.130 e. The largest absolute Gasteiger partial charge is 0.397 e. The fraction of sp³-hybridized carbons (Fsp3) is 0.0588. The first-order chi connectivity index (χ1) is 10.6. The number of halogens is 1. The predicted molar refractivity (Wildman–Crippen MR) is 89.5 cm³/mol. The van der Waals surface area contributed by atoms with Crippen LogP contribution in [0, 0.1) is 29.6 Å². The van der Waals surface area contributed by atoms with Crippen LogP contribution in [0.15, 0.2) is 42.0 Å². The van der Waals surface area contributed by atoms with Gasteiger partial charge in [-0.3, -0.25) is 0 Å². The van der Waals surface area contributed by atoms with Crippen molar-refractivity contribution in [3.05, 3.63) is 58.1 Å². The van der Waals surface area contributed by atoms with E-state index in [1.54, 1.807) is 12.1 Å². The van der Waals surface area contributed by atoms with Gasteiger partial charge in [0.1, 0.15) is 17.7 Å². The molecular formula is C17H13ClN4. The van der Waals surface area contributed by atoms with Crippen molar-refractivity contribution in [1.29, 1.82) is 10.5 Å². The van der Waals surface area contributed by atoms with Crippen LogP contribution in [0.2, 0.25) is 5.02 Å². The van der Waals surface area contributed by atoms with Gasteiger partial charge >= 0.3 is 0 Å². The number of nitrogens with one attached hydrogen (secondary N) is 1. The van der Waals surface area contributed by atoms with Gasteiger partial charge in [-0.05, 0) is 36.3 Å². The summed E-state index contributed by atoms with van der Waals surface area (Å²) in [5.74, 6) is 0. The number of nitrogens with two attached hydrogens (primary N) is 1. The third-order valence-corrected chi connectivity index (χ3v) is 3.62. The highest BCUT2D eigenvalue weighted by atomic mass is 35.5. The molecule has 4 nitrogen and oxygen atoms in total. The molecular weight excluding hydrogens is 296 g/mol. The molecule has 0 aromatic heterocycles. The molecule has 0 bridgehead atoms. The van der Waals surface area contributed by atoms with Crippen LogP contribution in [-0.2, 0) is 0 Å². The zero-order chi connectivity index (χ0) is 16.1. The van der Waals surface area contributed by atoms with Crippen molar-refractivity contribution < 1.29 is 0 Å². The number of nitriles is 2. The van der Waals surface area contributed by atoms with Gasteiger partial charge in [-0.2, -0.15) is 10.5 Å². The second-order valence-electron chi connectivity index (χ2n) is 4.65. The number of hydrogen-bond donors (Lipinski definition) is 2. The number of anilines is 3. The summed E-state index contributed by atoms with van der Waals surface area (Å²) in [6.07, 6.45) is 1.52. The van der Waals surface area contributed by atoms with Gasteiger partial charge in [-0.15, -0.1) is 0 Å². The summed E-state index contributed by atoms with van der Waals surface area (Å²) in [5, 5.41) is 21.5. The molecule has 0 aliphatic rings. The average Bonchev–Trinajstić information content (AvgIpc) is 2.54. The summed E-state index contributed by atoms with van der Waals surface area (Å²) < 4.78 is 0. The van der Waals surface area contributed by atoms with E-state index in [0.717, 1.165) is 5.56 Å². The number of para-hydroxylation sites is 1. The summed E-state index contributed by atoms with van der Waals surface area (Å²) >= 11 is 6.30. The normalized spacial score (nSPS) is 9.45. The van der Waals surface area contributed by atoms with Crippen LogP contribution in [0.25, 0.3) is 6.08 Å². The van der Waals surface area contributed by atoms with Gasteiger partial charge in [0.2, 0.25) is 0 Å². The Morgan fingerprint density at radius 3 is 2.55 bits per heavy atom. The van der Waals surface area contributed by atoms with Gasteiger partial charge in [0, 0.05) is 5.69 Å². The lowest BCUT2D eigenvalue weighted by Crippen LogP contribution is -1.99. The van der Waals surface area contributed by atoms with Gasteiger partial charge < -0.3 is 11.1 Å². The smallest absolute Gasteiger partial charge is 0.130 e. The molecule has 0 aliphatic heterocycles. The first-order valence-electron chi connectivity index (χ1n) is 6.49. The Kier molecular flexibility index (Phi) is 4.68. The fourth-order valence-corrected chi connectivity index (χ4v) is 2.16. The number of nitrogens with zero attached hydrogens (tertiary/aromatic N) is 2. The van der Waals surface area contributed by atoms with Crippen LogP contribution in [-0.4, -0.2) is 0 Å². The highest BCUT2D eigenvalue weighted by Gasteiger charge is 2.10. The number of nitrogen functional groups attached to an aromatic ring is 1. The molecule has 2 aromatic rings. The van der Waals surface area contributed by atoms with E-state index in [1.807, 2.05) is 43.3 Å². The molecule has 0 radical (unpaired) electrons. The minimum absolute atomic E-state index is 0.0255. The fourth-order valence-electron chi connectivity index (χ4n) is 1.94. The molecule has 0 saturated heterocycles. The van der Waals surface area contributed by atoms with E-state index >= 15 is 0 Å². The number of rotatable bonds is 3. The molecule has 0 saturated carbocycles. The Bertz CT molecular complexity index is 810. The molecule has 0 atom stereocenters. The maximum atomic E-state index is 8.89. The lowest BCUT2D eigenvalue weighted by atomic mass is 10.1. The topological polar surface area (TPSA) is 85.6 Å². The summed E-state index contributed by atoms with van der Waals surface area (Å²) in [4.78, 5) is 0. The first kappa shape index (κ1) is 15.4. The molecule has 0 amide bonds. The van der Waals surface area contributed by atoms with Gasteiger partial charge in [0.15, 0.2) is 0 Å². The number of hydrogen-bond acceptors (Lipinski definition) is 4. The minimum atomic E-state index is 0.0255. The van der Waals surface area contributed by atoms with Crippen LogP contribution in [0.5, 0.6) is 0 Å². The molecule has 0 spiro atoms. The summed E-state index contributed by atoms with van der Waals surface area (Å²) in [6.45, 7) is 1.89. The Morgan fingerprint density at radius 1 is 1.18 bits per heavy atom. The molecule has 0 aliphatic carbocycles. The molecule has 0 unspecified atom stereocenters. The zero-order valence-corrected chi connectivity index (χ0v) is 12.6. The molecule has 2 aromatic carbocycles. The Balaban J connectivity index is 2.49. The van der Waals surface area contributed by atoms with E-state index in [4.69, 9.17) is 27.9 Å². The van der Waals surface area contributed by atoms with Crippen molar-refractivity contribution in [3.63, 3.8) is 0 Å². The monoisotopic (exact) mass is 308 g/mol. The van der Waals surface area contributed by atoms with Crippen molar-refractivity contribution in [1.82, 2.24) is 0 Å². The quantitative estimate of drug-likeness (QED) is 0.649. The van der Waals surface area contributed by atoms with Crippen LogP contribution in [0.1, 0.15) is 11.1 Å². The standard InChI is InChI=1S/C17H13ClN4/c1-11-6-7-14(21)17(16(11)18)22-15-5-3-2-4-13(15)8-12(9-19)10-20/h2-8,22H,21H2,1H3. The molecule has 22 heavy (non-hydrogen) atoms. The third kappa shape index (κ3) is 3.20. The highest BCUT2D eigenvalue weighted by Crippen LogP contribution is 2.35. The Hall–Kier alpha value is -2.95. The summed E-state index contributed by atoms with van der Waals surface area (Å²) in [5.41, 5.74) is 9.46. The van der Waals surface area contributed by atoms with Crippen LogP contribution in [0.4, 0.5) is 17.1 Å². The van der Waals surface area contributed by atoms with Crippen LogP contribution in [0.3, 0.4) is 0 Å². The third-order valence-electron chi connectivity index (χ3n) is 3.13. The van der Waals surface area contributed by atoms with Crippen molar-refractivity contribution in [2.45, 2.75) is 6.92 Å². The van der Waals surface area contributed by atoms with Crippen LogP contribution < -0.4 is 11.1 Å². The number of benzene rings is 2. The van der Waals surface area contributed by atoms with E-state index in [9.17, 15) is 0 Å². The molecule has 0 fully saturated rings. The van der Waals surface area contributed by atoms with Crippen LogP contribution >= 0.6 is 11.6 Å². The molecule has 2 rings (SSSR count). The first-order valence-corrected chi connectivity index (χ1v) is 6.87. The van der Waals surface area contributed by atoms with E-state index < -0.39 is 0 Å². The van der Waals surface area contributed by atoms with Gasteiger partial charge in [0.25, 0.3) is 0 Å². The van der Waals surface area contributed by atoms with E-state index in [-0.39, 0.29) is 5.57 Å². The predicted octanol–water partition coefficient (Wildman–Crippen LogP) is 4.40. The van der Waals surface area contributed by atoms with Crippen molar-refractivity contribution in [2.75, 3.05) is 11.1 Å². The second-order valence-corrected chi connectivity index (χ2v) is 5.03. The zero-order valence-electron chi connectivity index (χ0n) is 11.9. The van der Waals surface area contributed by atoms with Crippen molar-refractivity contribution >= 4 is 34.7 Å². The highest BCUT2D eigenvalue weighted by molar-refractivity contribution is 6.34. The second kappa shape index (κ2) is 6.67. The van der Waals surface area contributed by atoms with E-state index in [0.29, 0.717) is 27.6 Å². The summed E-state index contributed by atoms with van der Waals surface area (Å²) in [7, 11) is 0. The lowest BCUT2D eigenvalue weighted by Gasteiger charge is -2.14.